The van der Waals surface area contributed by atoms with Crippen molar-refractivity contribution in [2.75, 3.05) is 20.3 Å². The first-order valence-corrected chi connectivity index (χ1v) is 10.4. The van der Waals surface area contributed by atoms with Crippen molar-refractivity contribution < 1.29 is 33.3 Å². The Morgan fingerprint density at radius 2 is 1.59 bits per heavy atom. The van der Waals surface area contributed by atoms with Gasteiger partial charge in [-0.25, -0.2) is 4.79 Å². The Kier molecular flexibility index (Phi) is 8.81. The van der Waals surface area contributed by atoms with Crippen molar-refractivity contribution in [3.63, 3.8) is 0 Å². The molecule has 0 heterocycles. The minimum Gasteiger partial charge on any atom is -0.490 e. The number of Topliss-reactive ketones (excluding diaryl/α,β-unsaturated/α-hetero) is 1. The predicted molar refractivity (Wildman–Crippen MR) is 119 cm³/mol. The molecule has 0 aliphatic heterocycles. The zero-order valence-corrected chi connectivity index (χ0v) is 19.2. The molecule has 0 atom stereocenters. The van der Waals surface area contributed by atoms with Crippen LogP contribution < -0.4 is 9.47 Å². The minimum atomic E-state index is -0.912. The zero-order valence-electron chi connectivity index (χ0n) is 19.2. The van der Waals surface area contributed by atoms with E-state index in [0.717, 1.165) is 18.2 Å². The number of carbonyl (C=O) groups excluding carboxylic acids is 3. The largest absolute Gasteiger partial charge is 0.490 e. The molecule has 0 unspecified atom stereocenters. The van der Waals surface area contributed by atoms with E-state index in [0.29, 0.717) is 17.9 Å². The molecular formula is C25H30O7. The molecule has 0 aliphatic rings. The second kappa shape index (κ2) is 11.3. The van der Waals surface area contributed by atoms with Crippen molar-refractivity contribution >= 4 is 17.7 Å². The third-order valence-corrected chi connectivity index (χ3v) is 5.17. The highest BCUT2D eigenvalue weighted by atomic mass is 16.5. The van der Waals surface area contributed by atoms with E-state index in [9.17, 15) is 14.4 Å². The van der Waals surface area contributed by atoms with Gasteiger partial charge in [0, 0.05) is 11.1 Å². The summed E-state index contributed by atoms with van der Waals surface area (Å²) < 4.78 is 21.5. The number of ether oxygens (including phenoxy) is 4. The number of hydrogen-bond donors (Lipinski definition) is 0. The summed E-state index contributed by atoms with van der Waals surface area (Å²) in [6.07, 6.45) is 0.693. The highest BCUT2D eigenvalue weighted by Crippen LogP contribution is 2.27. The van der Waals surface area contributed by atoms with E-state index in [2.05, 4.69) is 4.74 Å². The SMILES string of the molecule is CCC(C)(C)C(=O)OCc1cccc(C)c1OCCOc1ccc(C(=O)C(=O)OC)cc1. The number of ketones is 1. The number of hydrogen-bond acceptors (Lipinski definition) is 7. The smallest absolute Gasteiger partial charge is 0.379 e. The molecule has 0 fully saturated rings. The zero-order chi connectivity index (χ0) is 23.7. The maximum absolute atomic E-state index is 12.3. The maximum Gasteiger partial charge on any atom is 0.379 e. The minimum absolute atomic E-state index is 0.135. The molecule has 32 heavy (non-hydrogen) atoms. The van der Waals surface area contributed by atoms with Gasteiger partial charge in [0.05, 0.1) is 12.5 Å². The van der Waals surface area contributed by atoms with E-state index in [1.165, 1.54) is 12.1 Å². The average Bonchev–Trinajstić information content (AvgIpc) is 2.80. The van der Waals surface area contributed by atoms with Gasteiger partial charge in [-0.1, -0.05) is 25.1 Å². The van der Waals surface area contributed by atoms with Gasteiger partial charge in [0.1, 0.15) is 31.3 Å². The van der Waals surface area contributed by atoms with Crippen LogP contribution in [0.2, 0.25) is 0 Å². The Morgan fingerprint density at radius 1 is 0.938 bits per heavy atom. The Labute approximate surface area is 188 Å². The van der Waals surface area contributed by atoms with Crippen LogP contribution >= 0.6 is 0 Å². The van der Waals surface area contributed by atoms with Crippen LogP contribution in [0.25, 0.3) is 0 Å². The van der Waals surface area contributed by atoms with Gasteiger partial charge in [-0.15, -0.1) is 0 Å². The Morgan fingerprint density at radius 3 is 2.22 bits per heavy atom. The molecule has 7 nitrogen and oxygen atoms in total. The van der Waals surface area contributed by atoms with Crippen LogP contribution in [0.5, 0.6) is 11.5 Å². The summed E-state index contributed by atoms with van der Waals surface area (Å²) in [7, 11) is 1.16. The van der Waals surface area contributed by atoms with Crippen molar-refractivity contribution in [2.24, 2.45) is 5.41 Å². The van der Waals surface area contributed by atoms with Gasteiger partial charge in [0.25, 0.3) is 5.78 Å². The van der Waals surface area contributed by atoms with Gasteiger partial charge in [-0.3, -0.25) is 9.59 Å². The molecule has 0 saturated heterocycles. The Hall–Kier alpha value is -3.35. The van der Waals surface area contributed by atoms with Gasteiger partial charge in [0.15, 0.2) is 0 Å². The van der Waals surface area contributed by atoms with Crippen LogP contribution in [-0.4, -0.2) is 38.0 Å². The van der Waals surface area contributed by atoms with E-state index >= 15 is 0 Å². The molecule has 2 aromatic carbocycles. The molecule has 0 aliphatic carbocycles. The highest BCUT2D eigenvalue weighted by molar-refractivity contribution is 6.40. The second-order valence-electron chi connectivity index (χ2n) is 7.92. The first-order valence-electron chi connectivity index (χ1n) is 10.4. The van der Waals surface area contributed by atoms with Crippen molar-refractivity contribution in [3.05, 3.63) is 59.2 Å². The van der Waals surface area contributed by atoms with Crippen molar-refractivity contribution in [3.8, 4) is 11.5 Å². The summed E-state index contributed by atoms with van der Waals surface area (Å²) in [5.74, 6) is -0.666. The van der Waals surface area contributed by atoms with Gasteiger partial charge < -0.3 is 18.9 Å². The number of rotatable bonds is 11. The monoisotopic (exact) mass is 442 g/mol. The first-order chi connectivity index (χ1) is 15.2. The number of carbonyl (C=O) groups is 3. The summed E-state index contributed by atoms with van der Waals surface area (Å²) in [6.45, 7) is 8.27. The fourth-order valence-electron chi connectivity index (χ4n) is 2.73. The molecule has 0 amide bonds. The normalized spacial score (nSPS) is 10.9. The number of methoxy groups -OCH3 is 1. The number of aryl methyl sites for hydroxylation is 1. The van der Waals surface area contributed by atoms with Crippen LogP contribution in [0.4, 0.5) is 0 Å². The Bertz CT molecular complexity index is 945. The van der Waals surface area contributed by atoms with E-state index in [-0.39, 0.29) is 31.4 Å². The molecule has 0 N–H and O–H groups in total. The summed E-state index contributed by atoms with van der Waals surface area (Å²) >= 11 is 0. The number of esters is 2. The van der Waals surface area contributed by atoms with Crippen LogP contribution in [0.1, 0.15) is 48.7 Å². The molecule has 0 radical (unpaired) electrons. The summed E-state index contributed by atoms with van der Waals surface area (Å²) in [5, 5.41) is 0. The topological polar surface area (TPSA) is 88.1 Å². The van der Waals surface area contributed by atoms with Crippen molar-refractivity contribution in [2.45, 2.75) is 40.7 Å². The molecule has 7 heteroatoms. The number of para-hydroxylation sites is 1. The lowest BCUT2D eigenvalue weighted by Crippen LogP contribution is -2.25. The number of benzene rings is 2. The molecule has 172 valence electrons. The van der Waals surface area contributed by atoms with Crippen molar-refractivity contribution in [1.29, 1.82) is 0 Å². The van der Waals surface area contributed by atoms with Crippen LogP contribution in [0.15, 0.2) is 42.5 Å². The highest BCUT2D eigenvalue weighted by Gasteiger charge is 2.27. The van der Waals surface area contributed by atoms with Gasteiger partial charge in [0.2, 0.25) is 0 Å². The molecule has 0 spiro atoms. The second-order valence-corrected chi connectivity index (χ2v) is 7.92. The predicted octanol–water partition coefficient (Wildman–Crippen LogP) is 4.29. The van der Waals surface area contributed by atoms with Crippen LogP contribution in [0, 0.1) is 12.3 Å². The van der Waals surface area contributed by atoms with E-state index in [1.807, 2.05) is 45.9 Å². The molecule has 2 rings (SSSR count). The lowest BCUT2D eigenvalue weighted by atomic mass is 9.91. The van der Waals surface area contributed by atoms with Crippen LogP contribution in [-0.2, 0) is 25.7 Å². The molecule has 0 aromatic heterocycles. The van der Waals surface area contributed by atoms with Crippen LogP contribution in [0.3, 0.4) is 0 Å². The molecule has 2 aromatic rings. The lowest BCUT2D eigenvalue weighted by Gasteiger charge is -2.21. The fraction of sp³-hybridized carbons (Fsp3) is 0.400. The van der Waals surface area contributed by atoms with E-state index in [4.69, 9.17) is 14.2 Å². The fourth-order valence-corrected chi connectivity index (χ4v) is 2.73. The summed E-state index contributed by atoms with van der Waals surface area (Å²) in [6, 6.07) is 11.9. The first kappa shape index (κ1) is 24.9. The quantitative estimate of drug-likeness (QED) is 0.222. The van der Waals surface area contributed by atoms with Crippen molar-refractivity contribution in [1.82, 2.24) is 0 Å². The average molecular weight is 443 g/mol. The van der Waals surface area contributed by atoms with Gasteiger partial charge in [-0.2, -0.15) is 0 Å². The summed E-state index contributed by atoms with van der Waals surface area (Å²) in [5.41, 5.74) is 1.41. The third kappa shape index (κ3) is 6.57. The lowest BCUT2D eigenvalue weighted by molar-refractivity contribution is -0.155. The summed E-state index contributed by atoms with van der Waals surface area (Å²) in [4.78, 5) is 35.3. The standard InChI is InChI=1S/C25H30O7/c1-6-25(3,4)24(28)32-16-19-9-7-8-17(2)22(19)31-15-14-30-20-12-10-18(11-13-20)21(26)23(27)29-5/h7-13H,6,14-16H2,1-5H3. The maximum atomic E-state index is 12.3. The molecule has 0 bridgehead atoms. The third-order valence-electron chi connectivity index (χ3n) is 5.17. The molecular weight excluding hydrogens is 412 g/mol. The van der Waals surface area contributed by atoms with E-state index in [1.54, 1.807) is 12.1 Å². The van der Waals surface area contributed by atoms with E-state index < -0.39 is 17.2 Å². The van der Waals surface area contributed by atoms with Gasteiger partial charge in [-0.05, 0) is 57.0 Å². The Balaban J connectivity index is 1.91. The molecule has 0 saturated carbocycles. The van der Waals surface area contributed by atoms with Gasteiger partial charge >= 0.3 is 11.9 Å².